The molecule has 0 saturated carbocycles. The van der Waals surface area contributed by atoms with E-state index in [4.69, 9.17) is 4.74 Å². The molecule has 0 heterocycles. The van der Waals surface area contributed by atoms with Crippen LogP contribution in [0.1, 0.15) is 19.8 Å². The van der Waals surface area contributed by atoms with Gasteiger partial charge in [0.1, 0.15) is 18.0 Å². The van der Waals surface area contributed by atoms with Crippen molar-refractivity contribution in [2.75, 3.05) is 18.5 Å². The zero-order valence-corrected chi connectivity index (χ0v) is 9.70. The molecule has 0 unspecified atom stereocenters. The lowest BCUT2D eigenvalue weighted by Gasteiger charge is -2.08. The van der Waals surface area contributed by atoms with Gasteiger partial charge in [0.05, 0.1) is 0 Å². The van der Waals surface area contributed by atoms with Gasteiger partial charge in [-0.3, -0.25) is 4.79 Å². The van der Waals surface area contributed by atoms with Crippen molar-refractivity contribution in [1.29, 1.82) is 0 Å². The average molecular weight is 241 g/mol. The number of ether oxygens (including phenoxy) is 1. The van der Waals surface area contributed by atoms with Crippen molar-refractivity contribution >= 4 is 11.6 Å². The maximum Gasteiger partial charge on any atom is 0.250 e. The second-order valence-electron chi connectivity index (χ2n) is 3.59. The van der Waals surface area contributed by atoms with E-state index in [0.717, 1.165) is 18.9 Å². The van der Waals surface area contributed by atoms with Crippen LogP contribution in [0.15, 0.2) is 18.2 Å². The van der Waals surface area contributed by atoms with Gasteiger partial charge in [-0.15, -0.1) is 0 Å². The summed E-state index contributed by atoms with van der Waals surface area (Å²) in [5, 5.41) is 11.6. The normalized spacial score (nSPS) is 10.2. The molecule has 94 valence electrons. The van der Waals surface area contributed by atoms with Crippen LogP contribution in [0.4, 0.5) is 10.1 Å². The summed E-state index contributed by atoms with van der Waals surface area (Å²) in [5.74, 6) is -1.46. The molecule has 1 amide bonds. The van der Waals surface area contributed by atoms with Crippen LogP contribution in [0.5, 0.6) is 5.75 Å². The Morgan fingerprint density at radius 2 is 2.29 bits per heavy atom. The Morgan fingerprint density at radius 1 is 1.53 bits per heavy atom. The molecule has 4 nitrogen and oxygen atoms in total. The number of aromatic hydroxyl groups is 1. The van der Waals surface area contributed by atoms with Crippen LogP contribution in [-0.4, -0.2) is 24.2 Å². The lowest BCUT2D eigenvalue weighted by atomic mass is 10.3. The average Bonchev–Trinajstić information content (AvgIpc) is 2.30. The van der Waals surface area contributed by atoms with Gasteiger partial charge in [0, 0.05) is 6.61 Å². The molecule has 1 aromatic rings. The quantitative estimate of drug-likeness (QED) is 0.593. The predicted octanol–water partition coefficient (Wildman–Crippen LogP) is 2.29. The Bertz CT molecular complexity index is 362. The van der Waals surface area contributed by atoms with Crippen LogP contribution < -0.4 is 5.32 Å². The molecule has 2 N–H and O–H groups in total. The van der Waals surface area contributed by atoms with Crippen molar-refractivity contribution in [1.82, 2.24) is 0 Å². The molecule has 0 saturated heterocycles. The number of phenolic OH excluding ortho intramolecular Hbond substituents is 1. The van der Waals surface area contributed by atoms with Gasteiger partial charge in [0.2, 0.25) is 0 Å². The van der Waals surface area contributed by atoms with Crippen molar-refractivity contribution in [2.45, 2.75) is 19.8 Å². The minimum absolute atomic E-state index is 0.145. The van der Waals surface area contributed by atoms with E-state index >= 15 is 0 Å². The number of unbranched alkanes of at least 4 members (excludes halogenated alkanes) is 1. The highest BCUT2D eigenvalue weighted by atomic mass is 19.1. The zero-order valence-electron chi connectivity index (χ0n) is 9.70. The van der Waals surface area contributed by atoms with Crippen molar-refractivity contribution in [3.05, 3.63) is 24.0 Å². The van der Waals surface area contributed by atoms with Crippen LogP contribution in [0.3, 0.4) is 0 Å². The van der Waals surface area contributed by atoms with Gasteiger partial charge in [-0.2, -0.15) is 0 Å². The predicted molar refractivity (Wildman–Crippen MR) is 62.4 cm³/mol. The molecule has 0 aliphatic heterocycles. The Hall–Kier alpha value is -1.62. The first-order valence-corrected chi connectivity index (χ1v) is 5.50. The van der Waals surface area contributed by atoms with E-state index < -0.39 is 11.7 Å². The number of carbonyl (C=O) groups excluding carboxylic acids is 1. The van der Waals surface area contributed by atoms with Crippen molar-refractivity contribution < 1.29 is 19.0 Å². The number of para-hydroxylation sites is 1. The number of carbonyl (C=O) groups is 1. The summed E-state index contributed by atoms with van der Waals surface area (Å²) in [4.78, 5) is 11.4. The van der Waals surface area contributed by atoms with Crippen molar-refractivity contribution in [2.24, 2.45) is 0 Å². The summed E-state index contributed by atoms with van der Waals surface area (Å²) in [7, 11) is 0. The lowest BCUT2D eigenvalue weighted by molar-refractivity contribution is -0.120. The molecule has 1 rings (SSSR count). The van der Waals surface area contributed by atoms with Gasteiger partial charge in [-0.05, 0) is 18.6 Å². The topological polar surface area (TPSA) is 58.6 Å². The molecular formula is C12H16FNO3. The minimum Gasteiger partial charge on any atom is -0.506 e. The highest BCUT2D eigenvalue weighted by Gasteiger charge is 2.10. The number of benzene rings is 1. The second-order valence-corrected chi connectivity index (χ2v) is 3.59. The van der Waals surface area contributed by atoms with Crippen LogP contribution >= 0.6 is 0 Å². The molecule has 0 aliphatic rings. The number of rotatable bonds is 6. The van der Waals surface area contributed by atoms with Crippen LogP contribution in [0.25, 0.3) is 0 Å². The van der Waals surface area contributed by atoms with Gasteiger partial charge in [-0.25, -0.2) is 4.39 Å². The number of amides is 1. The number of halogens is 1. The third kappa shape index (κ3) is 4.40. The van der Waals surface area contributed by atoms with Gasteiger partial charge in [0.15, 0.2) is 5.82 Å². The van der Waals surface area contributed by atoms with Gasteiger partial charge < -0.3 is 15.2 Å². The molecule has 0 aliphatic carbocycles. The fourth-order valence-electron chi connectivity index (χ4n) is 1.22. The molecule has 0 spiro atoms. The monoisotopic (exact) mass is 241 g/mol. The third-order valence-electron chi connectivity index (χ3n) is 2.13. The standard InChI is InChI=1S/C12H16FNO3/c1-2-3-7-17-8-11(16)14-12-9(13)5-4-6-10(12)15/h4-6,15H,2-3,7-8H2,1H3,(H,14,16). The first-order chi connectivity index (χ1) is 8.15. The largest absolute Gasteiger partial charge is 0.506 e. The summed E-state index contributed by atoms with van der Waals surface area (Å²) >= 11 is 0. The number of anilines is 1. The molecule has 0 fully saturated rings. The second kappa shape index (κ2) is 6.85. The number of hydrogen-bond donors (Lipinski definition) is 2. The van der Waals surface area contributed by atoms with E-state index in [0.29, 0.717) is 6.61 Å². The smallest absolute Gasteiger partial charge is 0.250 e. The summed E-state index contributed by atoms with van der Waals surface area (Å²) < 4.78 is 18.3. The molecule has 0 atom stereocenters. The van der Waals surface area contributed by atoms with Crippen LogP contribution in [-0.2, 0) is 9.53 Å². The Kier molecular flexibility index (Phi) is 5.42. The molecule has 0 radical (unpaired) electrons. The van der Waals surface area contributed by atoms with E-state index in [2.05, 4.69) is 5.32 Å². The first-order valence-electron chi connectivity index (χ1n) is 5.50. The van der Waals surface area contributed by atoms with Gasteiger partial charge >= 0.3 is 0 Å². The summed E-state index contributed by atoms with van der Waals surface area (Å²) in [6.45, 7) is 2.36. The van der Waals surface area contributed by atoms with E-state index in [1.807, 2.05) is 6.92 Å². The lowest BCUT2D eigenvalue weighted by Crippen LogP contribution is -2.19. The Labute approximate surface area is 99.4 Å². The van der Waals surface area contributed by atoms with E-state index in [1.165, 1.54) is 12.1 Å². The molecule has 17 heavy (non-hydrogen) atoms. The fraction of sp³-hybridized carbons (Fsp3) is 0.417. The van der Waals surface area contributed by atoms with Crippen LogP contribution in [0, 0.1) is 5.82 Å². The number of nitrogens with one attached hydrogen (secondary N) is 1. The Balaban J connectivity index is 2.45. The minimum atomic E-state index is -0.674. The molecule has 0 aromatic heterocycles. The molecular weight excluding hydrogens is 225 g/mol. The summed E-state index contributed by atoms with van der Waals surface area (Å²) in [6.07, 6.45) is 1.86. The highest BCUT2D eigenvalue weighted by molar-refractivity contribution is 5.93. The maximum atomic E-state index is 13.2. The maximum absolute atomic E-state index is 13.2. The third-order valence-corrected chi connectivity index (χ3v) is 2.13. The van der Waals surface area contributed by atoms with E-state index in [9.17, 15) is 14.3 Å². The summed E-state index contributed by atoms with van der Waals surface area (Å²) in [5.41, 5.74) is -0.211. The number of phenols is 1. The highest BCUT2D eigenvalue weighted by Crippen LogP contribution is 2.25. The van der Waals surface area contributed by atoms with Crippen molar-refractivity contribution in [3.63, 3.8) is 0 Å². The fourth-order valence-corrected chi connectivity index (χ4v) is 1.22. The van der Waals surface area contributed by atoms with Crippen molar-refractivity contribution in [3.8, 4) is 5.75 Å². The molecule has 1 aromatic carbocycles. The molecule has 0 bridgehead atoms. The number of hydrogen-bond acceptors (Lipinski definition) is 3. The Morgan fingerprint density at radius 3 is 2.94 bits per heavy atom. The van der Waals surface area contributed by atoms with Crippen LogP contribution in [0.2, 0.25) is 0 Å². The zero-order chi connectivity index (χ0) is 12.7. The van der Waals surface area contributed by atoms with E-state index in [-0.39, 0.29) is 18.0 Å². The first kappa shape index (κ1) is 13.4. The summed E-state index contributed by atoms with van der Waals surface area (Å²) in [6, 6.07) is 3.82. The van der Waals surface area contributed by atoms with E-state index in [1.54, 1.807) is 0 Å². The molecule has 5 heteroatoms. The van der Waals surface area contributed by atoms with Gasteiger partial charge in [-0.1, -0.05) is 19.4 Å². The SMILES string of the molecule is CCCCOCC(=O)Nc1c(O)cccc1F. The van der Waals surface area contributed by atoms with Gasteiger partial charge in [0.25, 0.3) is 5.91 Å².